The van der Waals surface area contributed by atoms with Crippen LogP contribution in [0.5, 0.6) is 0 Å². The zero-order chi connectivity index (χ0) is 13.8. The van der Waals surface area contributed by atoms with Crippen LogP contribution in [0.3, 0.4) is 0 Å². The van der Waals surface area contributed by atoms with Crippen molar-refractivity contribution in [3.8, 4) is 0 Å². The van der Waals surface area contributed by atoms with Crippen LogP contribution in [0.25, 0.3) is 0 Å². The normalized spacial score (nSPS) is 20.6. The van der Waals surface area contributed by atoms with Gasteiger partial charge in [0.2, 0.25) is 5.13 Å². The molecule has 1 aromatic heterocycles. The predicted molar refractivity (Wildman–Crippen MR) is 81.9 cm³/mol. The molecule has 1 aromatic rings. The van der Waals surface area contributed by atoms with Gasteiger partial charge in [-0.1, -0.05) is 27.7 Å². The van der Waals surface area contributed by atoms with Gasteiger partial charge < -0.3 is 5.32 Å². The van der Waals surface area contributed by atoms with Crippen molar-refractivity contribution >= 4 is 16.7 Å². The van der Waals surface area contributed by atoms with Crippen molar-refractivity contribution in [1.29, 1.82) is 0 Å². The molecule has 1 atom stereocenters. The number of likely N-dealkylation sites (tertiary alicyclic amines) is 1. The number of nitrogens with one attached hydrogen (secondary N) is 1. The fourth-order valence-corrected chi connectivity index (χ4v) is 3.30. The van der Waals surface area contributed by atoms with E-state index < -0.39 is 0 Å². The Morgan fingerprint density at radius 2 is 2.16 bits per heavy atom. The van der Waals surface area contributed by atoms with Gasteiger partial charge in [-0.3, -0.25) is 4.90 Å². The molecule has 0 unspecified atom stereocenters. The van der Waals surface area contributed by atoms with Crippen molar-refractivity contribution < 1.29 is 0 Å². The maximum absolute atomic E-state index is 4.53. The molecule has 5 heteroatoms. The second kappa shape index (κ2) is 6.66. The molecule has 4 nitrogen and oxygen atoms in total. The summed E-state index contributed by atoms with van der Waals surface area (Å²) in [5, 5.41) is 4.44. The van der Waals surface area contributed by atoms with E-state index >= 15 is 0 Å². The molecule has 0 aliphatic carbocycles. The van der Waals surface area contributed by atoms with Gasteiger partial charge in [0.25, 0.3) is 0 Å². The summed E-state index contributed by atoms with van der Waals surface area (Å²) in [5.74, 6) is 2.11. The van der Waals surface area contributed by atoms with E-state index in [1.165, 1.54) is 37.5 Å². The average Bonchev–Trinajstić information content (AvgIpc) is 2.94. The fraction of sp³-hybridized carbons (Fsp3) is 0.857. The quantitative estimate of drug-likeness (QED) is 0.870. The summed E-state index contributed by atoms with van der Waals surface area (Å²) in [6.45, 7) is 12.3. The number of rotatable bonds is 6. The summed E-state index contributed by atoms with van der Waals surface area (Å²) < 4.78 is 4.38. The Kier molecular flexibility index (Phi) is 5.16. The standard InChI is InChI=1S/C14H26N4S/c1-10(2)9-18-7-5-6-12(18)8-15-14-16-13(11(3)4)17-19-14/h10-12H,5-9H2,1-4H3,(H,15,16,17)/t12-/m1/s1. The predicted octanol–water partition coefficient (Wildman–Crippen LogP) is 3.19. The molecule has 1 aliphatic heterocycles. The smallest absolute Gasteiger partial charge is 0.202 e. The van der Waals surface area contributed by atoms with Gasteiger partial charge in [0.05, 0.1) is 0 Å². The van der Waals surface area contributed by atoms with Gasteiger partial charge in [0, 0.05) is 36.6 Å². The maximum Gasteiger partial charge on any atom is 0.202 e. The Labute approximate surface area is 120 Å². The van der Waals surface area contributed by atoms with Gasteiger partial charge in [-0.05, 0) is 25.3 Å². The zero-order valence-corrected chi connectivity index (χ0v) is 13.3. The van der Waals surface area contributed by atoms with Crippen LogP contribution in [0.15, 0.2) is 0 Å². The van der Waals surface area contributed by atoms with E-state index in [9.17, 15) is 0 Å². The van der Waals surface area contributed by atoms with Gasteiger partial charge in [-0.15, -0.1) is 0 Å². The third kappa shape index (κ3) is 4.14. The number of anilines is 1. The Morgan fingerprint density at radius 1 is 1.37 bits per heavy atom. The first kappa shape index (κ1) is 14.7. The Morgan fingerprint density at radius 3 is 2.79 bits per heavy atom. The lowest BCUT2D eigenvalue weighted by molar-refractivity contribution is 0.234. The van der Waals surface area contributed by atoms with E-state index in [-0.39, 0.29) is 0 Å². The highest BCUT2D eigenvalue weighted by Gasteiger charge is 2.24. The fourth-order valence-electron chi connectivity index (χ4n) is 2.58. The van der Waals surface area contributed by atoms with Crippen molar-refractivity contribution in [3.05, 3.63) is 5.82 Å². The second-order valence-corrected chi connectivity index (χ2v) is 6.93. The molecule has 0 saturated carbocycles. The van der Waals surface area contributed by atoms with Crippen LogP contribution in [0.1, 0.15) is 52.3 Å². The van der Waals surface area contributed by atoms with Gasteiger partial charge in [-0.25, -0.2) is 4.98 Å². The van der Waals surface area contributed by atoms with Gasteiger partial charge in [-0.2, -0.15) is 4.37 Å². The summed E-state index contributed by atoms with van der Waals surface area (Å²) in [4.78, 5) is 7.15. The molecule has 1 N–H and O–H groups in total. The molecular weight excluding hydrogens is 256 g/mol. The molecule has 19 heavy (non-hydrogen) atoms. The molecule has 1 fully saturated rings. The Bertz CT molecular complexity index is 389. The van der Waals surface area contributed by atoms with Crippen LogP contribution in [0, 0.1) is 5.92 Å². The van der Waals surface area contributed by atoms with Crippen molar-refractivity contribution in [2.45, 2.75) is 52.5 Å². The van der Waals surface area contributed by atoms with Crippen LogP contribution in [-0.4, -0.2) is 39.9 Å². The highest BCUT2D eigenvalue weighted by molar-refractivity contribution is 7.09. The summed E-state index contributed by atoms with van der Waals surface area (Å²) in [5.41, 5.74) is 0. The maximum atomic E-state index is 4.53. The highest BCUT2D eigenvalue weighted by atomic mass is 32.1. The van der Waals surface area contributed by atoms with E-state index in [2.05, 4.69) is 47.3 Å². The van der Waals surface area contributed by atoms with Crippen molar-refractivity contribution in [2.75, 3.05) is 25.0 Å². The molecular formula is C14H26N4S. The summed E-state index contributed by atoms with van der Waals surface area (Å²) in [7, 11) is 0. The minimum atomic E-state index is 0.413. The van der Waals surface area contributed by atoms with Crippen LogP contribution >= 0.6 is 11.5 Å². The van der Waals surface area contributed by atoms with E-state index in [4.69, 9.17) is 0 Å². The molecule has 0 radical (unpaired) electrons. The van der Waals surface area contributed by atoms with Gasteiger partial charge in [0.1, 0.15) is 5.82 Å². The van der Waals surface area contributed by atoms with Crippen LogP contribution < -0.4 is 5.32 Å². The Balaban J connectivity index is 1.83. The monoisotopic (exact) mass is 282 g/mol. The molecule has 2 rings (SSSR count). The first-order valence-corrected chi connectivity index (χ1v) is 8.15. The number of hydrogen-bond acceptors (Lipinski definition) is 5. The van der Waals surface area contributed by atoms with Crippen molar-refractivity contribution in [3.63, 3.8) is 0 Å². The van der Waals surface area contributed by atoms with E-state index in [1.54, 1.807) is 0 Å². The van der Waals surface area contributed by atoms with Crippen LogP contribution in [0.2, 0.25) is 0 Å². The van der Waals surface area contributed by atoms with Crippen LogP contribution in [-0.2, 0) is 0 Å². The largest absolute Gasteiger partial charge is 0.359 e. The first-order chi connectivity index (χ1) is 9.06. The van der Waals surface area contributed by atoms with Gasteiger partial charge in [0.15, 0.2) is 0 Å². The Hall–Kier alpha value is -0.680. The number of nitrogens with zero attached hydrogens (tertiary/aromatic N) is 3. The summed E-state index contributed by atoms with van der Waals surface area (Å²) in [6.07, 6.45) is 2.63. The summed E-state index contributed by atoms with van der Waals surface area (Å²) in [6, 6.07) is 0.661. The molecule has 2 heterocycles. The lowest BCUT2D eigenvalue weighted by atomic mass is 10.1. The molecule has 1 aliphatic rings. The SMILES string of the molecule is CC(C)CN1CCC[C@@H]1CNc1nc(C(C)C)ns1. The topological polar surface area (TPSA) is 41.0 Å². The number of aromatic nitrogens is 2. The molecule has 0 bridgehead atoms. The third-order valence-corrected chi connectivity index (χ3v) is 4.23. The van der Waals surface area contributed by atoms with Crippen LogP contribution in [0.4, 0.5) is 5.13 Å². The van der Waals surface area contributed by atoms with Crippen molar-refractivity contribution in [2.24, 2.45) is 5.92 Å². The summed E-state index contributed by atoms with van der Waals surface area (Å²) >= 11 is 1.49. The van der Waals surface area contributed by atoms with E-state index in [0.29, 0.717) is 12.0 Å². The molecule has 0 aromatic carbocycles. The lowest BCUT2D eigenvalue weighted by Crippen LogP contribution is -2.37. The molecule has 0 spiro atoms. The number of hydrogen-bond donors (Lipinski definition) is 1. The minimum Gasteiger partial charge on any atom is -0.359 e. The third-order valence-electron chi connectivity index (χ3n) is 3.55. The second-order valence-electron chi connectivity index (χ2n) is 6.18. The molecule has 108 valence electrons. The zero-order valence-electron chi connectivity index (χ0n) is 12.5. The van der Waals surface area contributed by atoms with E-state index in [1.807, 2.05) is 0 Å². The average molecular weight is 282 g/mol. The van der Waals surface area contributed by atoms with Gasteiger partial charge >= 0.3 is 0 Å². The molecule has 1 saturated heterocycles. The minimum absolute atomic E-state index is 0.413. The first-order valence-electron chi connectivity index (χ1n) is 7.37. The van der Waals surface area contributed by atoms with E-state index in [0.717, 1.165) is 23.4 Å². The highest BCUT2D eigenvalue weighted by Crippen LogP contribution is 2.21. The lowest BCUT2D eigenvalue weighted by Gasteiger charge is -2.26. The molecule has 0 amide bonds. The van der Waals surface area contributed by atoms with Crippen molar-refractivity contribution in [1.82, 2.24) is 14.3 Å².